The van der Waals surface area contributed by atoms with E-state index < -0.39 is 12.1 Å². The van der Waals surface area contributed by atoms with Crippen LogP contribution in [0.15, 0.2) is 24.3 Å². The number of phenolic OH excluding ortho intramolecular Hbond substituents is 1. The Balaban J connectivity index is 2.71. The molecule has 0 saturated heterocycles. The topological polar surface area (TPSA) is 75.6 Å². The number of Topliss-reactive ketones (excluding diaryl/α,β-unsaturated/α-hetero) is 1. The van der Waals surface area contributed by atoms with Crippen LogP contribution in [0.2, 0.25) is 0 Å². The van der Waals surface area contributed by atoms with Crippen molar-refractivity contribution in [2.24, 2.45) is 0 Å². The lowest BCUT2D eigenvalue weighted by Crippen LogP contribution is -2.43. The van der Waals surface area contributed by atoms with Gasteiger partial charge in [0.1, 0.15) is 5.75 Å². The molecule has 5 nitrogen and oxygen atoms in total. The molecule has 6 heteroatoms. The zero-order valence-electron chi connectivity index (χ0n) is 10.6. The van der Waals surface area contributed by atoms with Gasteiger partial charge in [-0.25, -0.2) is 4.79 Å². The van der Waals surface area contributed by atoms with Gasteiger partial charge in [-0.3, -0.25) is 4.79 Å². The molecule has 0 aliphatic heterocycles. The number of halogens is 1. The first-order valence-electron chi connectivity index (χ1n) is 5.86. The molecule has 0 saturated carbocycles. The van der Waals surface area contributed by atoms with Crippen LogP contribution in [0.1, 0.15) is 12.5 Å². The number of hydrogen-bond acceptors (Lipinski definition) is 4. The first-order chi connectivity index (χ1) is 9.06. The second-order valence-electron chi connectivity index (χ2n) is 3.89. The summed E-state index contributed by atoms with van der Waals surface area (Å²) >= 11 is 3.09. The third kappa shape index (κ3) is 5.30. The van der Waals surface area contributed by atoms with Gasteiger partial charge in [-0.05, 0) is 31.0 Å². The molecule has 0 spiro atoms. The number of nitrogens with one attached hydrogen (secondary N) is 1. The van der Waals surface area contributed by atoms with Crippen molar-refractivity contribution in [3.05, 3.63) is 29.8 Å². The number of carbonyl (C=O) groups excluding carboxylic acids is 2. The number of rotatable bonds is 6. The molecule has 0 bridgehead atoms. The fraction of sp³-hybridized carbons (Fsp3) is 0.385. The number of ether oxygens (including phenoxy) is 1. The van der Waals surface area contributed by atoms with Gasteiger partial charge in [-0.2, -0.15) is 0 Å². The summed E-state index contributed by atoms with van der Waals surface area (Å²) in [5, 5.41) is 11.9. The number of hydrogen-bond donors (Lipinski definition) is 2. The number of alkyl carbamates (subject to hydrolysis) is 1. The van der Waals surface area contributed by atoms with Gasteiger partial charge in [-0.1, -0.05) is 28.1 Å². The molecule has 0 fully saturated rings. The van der Waals surface area contributed by atoms with Crippen LogP contribution in [0.25, 0.3) is 0 Å². The van der Waals surface area contributed by atoms with Crippen LogP contribution in [-0.2, 0) is 16.0 Å². The number of ketones is 1. The average molecular weight is 330 g/mol. The van der Waals surface area contributed by atoms with Crippen LogP contribution >= 0.6 is 15.9 Å². The minimum Gasteiger partial charge on any atom is -0.508 e. The first kappa shape index (κ1) is 15.5. The van der Waals surface area contributed by atoms with Crippen LogP contribution in [0, 0.1) is 0 Å². The van der Waals surface area contributed by atoms with E-state index in [1.165, 1.54) is 12.1 Å². The molecule has 1 rings (SSSR count). The number of alkyl halides is 1. The third-order valence-corrected chi connectivity index (χ3v) is 3.02. The summed E-state index contributed by atoms with van der Waals surface area (Å²) in [6.45, 7) is 1.95. The molecule has 1 unspecified atom stereocenters. The summed E-state index contributed by atoms with van der Waals surface area (Å²) in [5.74, 6) is 0.0200. The summed E-state index contributed by atoms with van der Waals surface area (Å²) in [5.41, 5.74) is 0.842. The van der Waals surface area contributed by atoms with Gasteiger partial charge in [0.2, 0.25) is 0 Å². The predicted molar refractivity (Wildman–Crippen MR) is 74.6 cm³/mol. The number of benzene rings is 1. The van der Waals surface area contributed by atoms with Crippen molar-refractivity contribution in [2.75, 3.05) is 11.9 Å². The quantitative estimate of drug-likeness (QED) is 0.783. The minimum atomic E-state index is -0.650. The van der Waals surface area contributed by atoms with Gasteiger partial charge in [0.25, 0.3) is 0 Å². The molecule has 1 amide bonds. The van der Waals surface area contributed by atoms with Crippen LogP contribution in [-0.4, -0.2) is 35.0 Å². The van der Waals surface area contributed by atoms with Gasteiger partial charge >= 0.3 is 6.09 Å². The number of carbonyl (C=O) groups is 2. The van der Waals surface area contributed by atoms with Crippen LogP contribution in [0.4, 0.5) is 4.79 Å². The molecule has 1 aromatic carbocycles. The first-order valence-corrected chi connectivity index (χ1v) is 6.98. The van der Waals surface area contributed by atoms with E-state index in [-0.39, 0.29) is 23.5 Å². The lowest BCUT2D eigenvalue weighted by Gasteiger charge is -2.16. The molecule has 19 heavy (non-hydrogen) atoms. The molecule has 1 atom stereocenters. The van der Waals surface area contributed by atoms with E-state index in [9.17, 15) is 14.7 Å². The Kier molecular flexibility index (Phi) is 6.35. The Labute approximate surface area is 120 Å². The maximum atomic E-state index is 11.8. The van der Waals surface area contributed by atoms with E-state index in [0.717, 1.165) is 5.56 Å². The van der Waals surface area contributed by atoms with E-state index >= 15 is 0 Å². The summed E-state index contributed by atoms with van der Waals surface area (Å²) in [6.07, 6.45) is -0.260. The Hall–Kier alpha value is -1.56. The zero-order valence-corrected chi connectivity index (χ0v) is 12.1. The van der Waals surface area contributed by atoms with Crippen molar-refractivity contribution in [3.63, 3.8) is 0 Å². The van der Waals surface area contributed by atoms with Gasteiger partial charge < -0.3 is 15.2 Å². The molecule has 0 aromatic heterocycles. The molecule has 2 N–H and O–H groups in total. The van der Waals surface area contributed by atoms with Crippen LogP contribution < -0.4 is 5.32 Å². The highest BCUT2D eigenvalue weighted by Gasteiger charge is 2.20. The molecular weight excluding hydrogens is 314 g/mol. The normalized spacial score (nSPS) is 11.7. The van der Waals surface area contributed by atoms with Crippen molar-refractivity contribution in [2.45, 2.75) is 19.4 Å². The highest BCUT2D eigenvalue weighted by Crippen LogP contribution is 2.12. The van der Waals surface area contributed by atoms with E-state index in [1.807, 2.05) is 0 Å². The number of phenols is 1. The lowest BCUT2D eigenvalue weighted by molar-refractivity contribution is -0.118. The van der Waals surface area contributed by atoms with Crippen molar-refractivity contribution < 1.29 is 19.4 Å². The van der Waals surface area contributed by atoms with Crippen molar-refractivity contribution in [1.29, 1.82) is 0 Å². The fourth-order valence-corrected chi connectivity index (χ4v) is 1.91. The summed E-state index contributed by atoms with van der Waals surface area (Å²) in [7, 11) is 0. The highest BCUT2D eigenvalue weighted by molar-refractivity contribution is 9.09. The predicted octanol–water partition coefficient (Wildman–Crippen LogP) is 2.01. The average Bonchev–Trinajstić information content (AvgIpc) is 2.40. The van der Waals surface area contributed by atoms with Gasteiger partial charge in [0, 0.05) is 0 Å². The second kappa shape index (κ2) is 7.78. The molecule has 1 aromatic rings. The van der Waals surface area contributed by atoms with Crippen molar-refractivity contribution in [3.8, 4) is 5.75 Å². The van der Waals surface area contributed by atoms with Gasteiger partial charge in [0.15, 0.2) is 5.78 Å². The minimum absolute atomic E-state index is 0.138. The standard InChI is InChI=1S/C13H16BrNO4/c1-2-19-13(18)15-11(12(17)8-14)7-9-3-5-10(16)6-4-9/h3-6,11,16H,2,7-8H2,1H3,(H,15,18). The van der Waals surface area contributed by atoms with Gasteiger partial charge in [-0.15, -0.1) is 0 Å². The third-order valence-electron chi connectivity index (χ3n) is 2.46. The smallest absolute Gasteiger partial charge is 0.407 e. The SMILES string of the molecule is CCOC(=O)NC(Cc1ccc(O)cc1)C(=O)CBr. The Bertz CT molecular complexity index is 433. The van der Waals surface area contributed by atoms with Gasteiger partial charge in [0.05, 0.1) is 18.0 Å². The maximum absolute atomic E-state index is 11.8. The highest BCUT2D eigenvalue weighted by atomic mass is 79.9. The number of aromatic hydroxyl groups is 1. The molecule has 0 aliphatic carbocycles. The summed E-state index contributed by atoms with van der Waals surface area (Å²) < 4.78 is 4.77. The molecule has 0 radical (unpaired) electrons. The van der Waals surface area contributed by atoms with E-state index in [4.69, 9.17) is 4.74 Å². The lowest BCUT2D eigenvalue weighted by atomic mass is 10.0. The van der Waals surface area contributed by atoms with Crippen molar-refractivity contribution in [1.82, 2.24) is 5.32 Å². The van der Waals surface area contributed by atoms with Crippen LogP contribution in [0.5, 0.6) is 5.75 Å². The van der Waals surface area contributed by atoms with Crippen LogP contribution in [0.3, 0.4) is 0 Å². The second-order valence-corrected chi connectivity index (χ2v) is 4.45. The van der Waals surface area contributed by atoms with E-state index in [0.29, 0.717) is 6.42 Å². The van der Waals surface area contributed by atoms with E-state index in [2.05, 4.69) is 21.2 Å². The maximum Gasteiger partial charge on any atom is 0.407 e. The molecule has 0 aliphatic rings. The zero-order chi connectivity index (χ0) is 14.3. The van der Waals surface area contributed by atoms with E-state index in [1.54, 1.807) is 19.1 Å². The fourth-order valence-electron chi connectivity index (χ4n) is 1.52. The van der Waals surface area contributed by atoms with Crippen molar-refractivity contribution >= 4 is 27.8 Å². The molecule has 104 valence electrons. The monoisotopic (exact) mass is 329 g/mol. The summed E-state index contributed by atoms with van der Waals surface area (Å²) in [6, 6.07) is 5.83. The Morgan fingerprint density at radius 3 is 2.53 bits per heavy atom. The molecular formula is C13H16BrNO4. The number of amides is 1. The Morgan fingerprint density at radius 1 is 1.37 bits per heavy atom. The largest absolute Gasteiger partial charge is 0.508 e. The summed E-state index contributed by atoms with van der Waals surface area (Å²) in [4.78, 5) is 23.1. The molecule has 0 heterocycles. The Morgan fingerprint density at radius 2 is 2.00 bits per heavy atom.